The van der Waals surface area contributed by atoms with Gasteiger partial charge in [0.05, 0.1) is 13.3 Å². The van der Waals surface area contributed by atoms with Crippen molar-refractivity contribution < 1.29 is 9.53 Å². The van der Waals surface area contributed by atoms with Crippen molar-refractivity contribution in [2.45, 2.75) is 0 Å². The molecular weight excluding hydrogens is 220 g/mol. The van der Waals surface area contributed by atoms with Crippen molar-refractivity contribution in [1.82, 2.24) is 4.98 Å². The van der Waals surface area contributed by atoms with Crippen LogP contribution in [0.15, 0.2) is 6.20 Å². The van der Waals surface area contributed by atoms with Gasteiger partial charge in [-0.15, -0.1) is 0 Å². The Morgan fingerprint density at radius 3 is 3.21 bits per heavy atom. The fraction of sp³-hybridized carbons (Fsp3) is 0.500. The van der Waals surface area contributed by atoms with Gasteiger partial charge < -0.3 is 10.1 Å². The van der Waals surface area contributed by atoms with E-state index in [-0.39, 0.29) is 5.97 Å². The third kappa shape index (κ3) is 3.19. The Morgan fingerprint density at radius 2 is 2.57 bits per heavy atom. The Labute approximate surface area is 91.1 Å². The first-order valence-corrected chi connectivity index (χ1v) is 6.26. The molecule has 4 nitrogen and oxygen atoms in total. The summed E-state index contributed by atoms with van der Waals surface area (Å²) in [6, 6.07) is 0. The zero-order valence-electron chi connectivity index (χ0n) is 8.07. The highest BCUT2D eigenvalue weighted by Gasteiger charge is 2.09. The second-order valence-electron chi connectivity index (χ2n) is 2.44. The van der Waals surface area contributed by atoms with Crippen LogP contribution in [0.5, 0.6) is 0 Å². The molecule has 1 aromatic heterocycles. The number of carbonyl (C=O) groups is 1. The van der Waals surface area contributed by atoms with Crippen molar-refractivity contribution in [2.24, 2.45) is 0 Å². The Hall–Kier alpha value is -0.750. The molecule has 1 heterocycles. The molecule has 0 saturated carbocycles. The van der Waals surface area contributed by atoms with Gasteiger partial charge in [0.25, 0.3) is 0 Å². The third-order valence-electron chi connectivity index (χ3n) is 1.47. The molecular formula is C8H12N2O2S2. The minimum absolute atomic E-state index is 0.333. The number of aromatic nitrogens is 1. The summed E-state index contributed by atoms with van der Waals surface area (Å²) >= 11 is 3.07. The number of esters is 1. The lowest BCUT2D eigenvalue weighted by atomic mass is 10.6. The normalized spacial score (nSPS) is 9.86. The summed E-state index contributed by atoms with van der Waals surface area (Å²) in [5, 5.41) is 3.89. The van der Waals surface area contributed by atoms with Gasteiger partial charge >= 0.3 is 5.97 Å². The number of thiazole rings is 1. The van der Waals surface area contributed by atoms with Crippen LogP contribution in [0.4, 0.5) is 5.13 Å². The Morgan fingerprint density at radius 1 is 1.79 bits per heavy atom. The average Bonchev–Trinajstić information content (AvgIpc) is 2.66. The van der Waals surface area contributed by atoms with Gasteiger partial charge in [-0.2, -0.15) is 11.8 Å². The van der Waals surface area contributed by atoms with Gasteiger partial charge in [-0.3, -0.25) is 0 Å². The summed E-state index contributed by atoms with van der Waals surface area (Å²) in [5.74, 6) is 0.688. The maximum absolute atomic E-state index is 11.1. The Balaban J connectivity index is 2.46. The molecule has 0 unspecified atom stereocenters. The number of carbonyl (C=O) groups excluding carboxylic acids is 1. The molecule has 0 spiro atoms. The highest BCUT2D eigenvalue weighted by Crippen LogP contribution is 2.18. The second kappa shape index (κ2) is 5.87. The molecule has 0 aliphatic rings. The molecule has 0 amide bonds. The summed E-state index contributed by atoms with van der Waals surface area (Å²) in [6.45, 7) is 0.856. The minimum atomic E-state index is -0.333. The maximum atomic E-state index is 11.1. The van der Waals surface area contributed by atoms with Crippen LogP contribution < -0.4 is 5.32 Å². The van der Waals surface area contributed by atoms with Crippen LogP contribution >= 0.6 is 23.1 Å². The van der Waals surface area contributed by atoms with Gasteiger partial charge in [0.15, 0.2) is 5.13 Å². The number of methoxy groups -OCH3 is 1. The van der Waals surface area contributed by atoms with Crippen LogP contribution in [-0.2, 0) is 4.74 Å². The number of anilines is 1. The van der Waals surface area contributed by atoms with Gasteiger partial charge in [0, 0.05) is 12.3 Å². The predicted molar refractivity (Wildman–Crippen MR) is 60.3 cm³/mol. The molecule has 1 aromatic rings. The summed E-state index contributed by atoms with van der Waals surface area (Å²) in [7, 11) is 1.36. The van der Waals surface area contributed by atoms with E-state index in [0.29, 0.717) is 4.88 Å². The molecule has 0 atom stereocenters. The minimum Gasteiger partial charge on any atom is -0.465 e. The van der Waals surface area contributed by atoms with Crippen molar-refractivity contribution in [1.29, 1.82) is 0 Å². The highest BCUT2D eigenvalue weighted by molar-refractivity contribution is 7.98. The first-order chi connectivity index (χ1) is 6.77. The molecule has 0 fully saturated rings. The van der Waals surface area contributed by atoms with E-state index < -0.39 is 0 Å². The molecule has 0 aliphatic heterocycles. The lowest BCUT2D eigenvalue weighted by Gasteiger charge is -1.98. The van der Waals surface area contributed by atoms with Crippen molar-refractivity contribution >= 4 is 34.2 Å². The molecule has 6 heteroatoms. The van der Waals surface area contributed by atoms with Gasteiger partial charge in [-0.1, -0.05) is 11.3 Å². The molecule has 78 valence electrons. The van der Waals surface area contributed by atoms with Gasteiger partial charge in [0.1, 0.15) is 4.88 Å². The van der Waals surface area contributed by atoms with E-state index in [2.05, 4.69) is 15.0 Å². The van der Waals surface area contributed by atoms with E-state index in [9.17, 15) is 4.79 Å². The van der Waals surface area contributed by atoms with E-state index >= 15 is 0 Å². The summed E-state index contributed by atoms with van der Waals surface area (Å²) in [4.78, 5) is 15.7. The molecule has 1 rings (SSSR count). The summed E-state index contributed by atoms with van der Waals surface area (Å²) < 4.78 is 4.57. The first-order valence-electron chi connectivity index (χ1n) is 4.05. The molecule has 14 heavy (non-hydrogen) atoms. The van der Waals surface area contributed by atoms with E-state index in [4.69, 9.17) is 0 Å². The largest absolute Gasteiger partial charge is 0.465 e. The first kappa shape index (κ1) is 11.3. The van der Waals surface area contributed by atoms with Crippen LogP contribution in [-0.4, -0.2) is 36.6 Å². The zero-order valence-corrected chi connectivity index (χ0v) is 9.70. The molecule has 0 bridgehead atoms. The zero-order chi connectivity index (χ0) is 10.4. The number of ether oxygens (including phenoxy) is 1. The number of thioether (sulfide) groups is 1. The fourth-order valence-electron chi connectivity index (χ4n) is 0.811. The predicted octanol–water partition coefficient (Wildman–Crippen LogP) is 1.70. The number of nitrogens with zero attached hydrogens (tertiary/aromatic N) is 1. The topological polar surface area (TPSA) is 51.2 Å². The second-order valence-corrected chi connectivity index (χ2v) is 4.46. The van der Waals surface area contributed by atoms with Crippen molar-refractivity contribution in [2.75, 3.05) is 31.0 Å². The van der Waals surface area contributed by atoms with E-state index in [0.717, 1.165) is 17.4 Å². The maximum Gasteiger partial charge on any atom is 0.349 e. The van der Waals surface area contributed by atoms with Crippen molar-refractivity contribution in [3.05, 3.63) is 11.1 Å². The monoisotopic (exact) mass is 232 g/mol. The van der Waals surface area contributed by atoms with E-state index in [1.165, 1.54) is 24.6 Å². The van der Waals surface area contributed by atoms with Crippen LogP contribution in [0.3, 0.4) is 0 Å². The quantitative estimate of drug-likeness (QED) is 0.618. The van der Waals surface area contributed by atoms with E-state index in [1.54, 1.807) is 11.8 Å². The molecule has 0 aliphatic carbocycles. The molecule has 0 saturated heterocycles. The van der Waals surface area contributed by atoms with Crippen LogP contribution in [0.1, 0.15) is 9.67 Å². The fourth-order valence-corrected chi connectivity index (χ4v) is 1.88. The number of rotatable bonds is 5. The third-order valence-corrected chi connectivity index (χ3v) is 3.02. The average molecular weight is 232 g/mol. The Kier molecular flexibility index (Phi) is 4.75. The molecule has 0 aromatic carbocycles. The van der Waals surface area contributed by atoms with E-state index in [1.807, 2.05) is 6.26 Å². The van der Waals surface area contributed by atoms with Crippen LogP contribution in [0.25, 0.3) is 0 Å². The summed E-state index contributed by atoms with van der Waals surface area (Å²) in [5.41, 5.74) is 0. The lowest BCUT2D eigenvalue weighted by molar-refractivity contribution is 0.0606. The SMILES string of the molecule is COC(=O)c1cnc(NCCSC)s1. The molecule has 1 N–H and O–H groups in total. The number of hydrogen-bond donors (Lipinski definition) is 1. The number of nitrogens with one attached hydrogen (secondary N) is 1. The van der Waals surface area contributed by atoms with Gasteiger partial charge in [0.2, 0.25) is 0 Å². The lowest BCUT2D eigenvalue weighted by Crippen LogP contribution is -2.02. The number of hydrogen-bond acceptors (Lipinski definition) is 6. The molecule has 0 radical (unpaired) electrons. The Bertz CT molecular complexity index is 301. The van der Waals surface area contributed by atoms with Crippen molar-refractivity contribution in [3.8, 4) is 0 Å². The van der Waals surface area contributed by atoms with Crippen LogP contribution in [0, 0.1) is 0 Å². The standard InChI is InChI=1S/C8H12N2O2S2/c1-12-7(11)6-5-10-8(14-6)9-3-4-13-2/h5H,3-4H2,1-2H3,(H,9,10). The van der Waals surface area contributed by atoms with Gasteiger partial charge in [-0.05, 0) is 6.26 Å². The van der Waals surface area contributed by atoms with Gasteiger partial charge in [-0.25, -0.2) is 9.78 Å². The summed E-state index contributed by atoms with van der Waals surface area (Å²) in [6.07, 6.45) is 3.57. The smallest absolute Gasteiger partial charge is 0.349 e. The highest BCUT2D eigenvalue weighted by atomic mass is 32.2. The van der Waals surface area contributed by atoms with Crippen molar-refractivity contribution in [3.63, 3.8) is 0 Å². The van der Waals surface area contributed by atoms with Crippen LogP contribution in [0.2, 0.25) is 0 Å².